The van der Waals surface area contributed by atoms with Gasteiger partial charge in [-0.25, -0.2) is 12.8 Å². The van der Waals surface area contributed by atoms with E-state index >= 15 is 0 Å². The molecule has 2 amide bonds. The first-order chi connectivity index (χ1) is 15.1. The number of benzene rings is 1. The number of methoxy groups -OCH3 is 1. The van der Waals surface area contributed by atoms with Gasteiger partial charge in [0.05, 0.1) is 17.3 Å². The van der Waals surface area contributed by atoms with E-state index in [1.54, 1.807) is 6.92 Å². The average Bonchev–Trinajstić information content (AvgIpc) is 3.23. The number of thiazole rings is 1. The van der Waals surface area contributed by atoms with E-state index in [-0.39, 0.29) is 17.2 Å². The van der Waals surface area contributed by atoms with Crippen LogP contribution in [0.25, 0.3) is 10.2 Å². The van der Waals surface area contributed by atoms with E-state index in [1.165, 1.54) is 35.9 Å². The quantitative estimate of drug-likeness (QED) is 0.484. The molecule has 3 aromatic rings. The van der Waals surface area contributed by atoms with Gasteiger partial charge < -0.3 is 19.1 Å². The lowest BCUT2D eigenvalue weighted by Gasteiger charge is -2.04. The van der Waals surface area contributed by atoms with Crippen LogP contribution < -0.4 is 10.1 Å². The maximum Gasteiger partial charge on any atom is 0.325 e. The Morgan fingerprint density at radius 3 is 2.69 bits per heavy atom. The molecule has 0 unspecified atom stereocenters. The van der Waals surface area contributed by atoms with E-state index in [0.717, 1.165) is 11.3 Å². The van der Waals surface area contributed by atoms with Crippen molar-refractivity contribution < 1.29 is 36.5 Å². The van der Waals surface area contributed by atoms with Gasteiger partial charge in [-0.2, -0.15) is 4.99 Å². The molecule has 1 aromatic carbocycles. The lowest BCUT2D eigenvalue weighted by molar-refractivity contribution is -0.141. The molecule has 14 heteroatoms. The first kappa shape index (κ1) is 23.3. The fraction of sp³-hybridized carbons (Fsp3) is 0.278. The number of nitrogens with one attached hydrogen (secondary N) is 1. The number of halogens is 1. The Balaban J connectivity index is 1.81. The number of nitrogens with zero attached hydrogens (tertiary/aromatic N) is 3. The lowest BCUT2D eigenvalue weighted by atomic mass is 10.3. The zero-order chi connectivity index (χ0) is 23.5. The minimum atomic E-state index is -4.16. The number of ether oxygens (including phenoxy) is 1. The molecule has 0 bridgehead atoms. The third kappa shape index (κ3) is 5.85. The number of amides is 2. The summed E-state index contributed by atoms with van der Waals surface area (Å²) in [5.41, 5.74) is 0.415. The van der Waals surface area contributed by atoms with Gasteiger partial charge in [0, 0.05) is 6.07 Å². The van der Waals surface area contributed by atoms with E-state index in [1.807, 2.05) is 0 Å². The Hall–Kier alpha value is -3.39. The Labute approximate surface area is 184 Å². The third-order valence-electron chi connectivity index (χ3n) is 3.97. The van der Waals surface area contributed by atoms with E-state index in [2.05, 4.69) is 20.2 Å². The van der Waals surface area contributed by atoms with Crippen LogP contribution in [0.2, 0.25) is 0 Å². The smallest absolute Gasteiger partial charge is 0.325 e. The number of hydrogen-bond acceptors (Lipinski definition) is 9. The molecular formula is C18H17FN4O7S2. The largest absolute Gasteiger partial charge is 0.468 e. The van der Waals surface area contributed by atoms with E-state index < -0.39 is 44.9 Å². The zero-order valence-corrected chi connectivity index (χ0v) is 18.5. The molecule has 0 atom stereocenters. The molecule has 0 spiro atoms. The van der Waals surface area contributed by atoms with Crippen molar-refractivity contribution in [2.45, 2.75) is 13.5 Å². The maximum absolute atomic E-state index is 13.6. The summed E-state index contributed by atoms with van der Waals surface area (Å²) in [5.74, 6) is -4.68. The predicted octanol–water partition coefficient (Wildman–Crippen LogP) is 0.792. The van der Waals surface area contributed by atoms with Crippen molar-refractivity contribution >= 4 is 55.0 Å². The highest BCUT2D eigenvalue weighted by atomic mass is 32.2. The molecule has 2 aromatic heterocycles. The van der Waals surface area contributed by atoms with Crippen LogP contribution in [0.3, 0.4) is 0 Å². The van der Waals surface area contributed by atoms with Crippen LogP contribution in [0.1, 0.15) is 5.76 Å². The second-order valence-electron chi connectivity index (χ2n) is 6.57. The van der Waals surface area contributed by atoms with E-state index in [9.17, 15) is 27.2 Å². The molecule has 0 fully saturated rings. The Morgan fingerprint density at radius 1 is 1.28 bits per heavy atom. The van der Waals surface area contributed by atoms with Crippen LogP contribution in [-0.2, 0) is 35.5 Å². The first-order valence-corrected chi connectivity index (χ1v) is 11.6. The highest BCUT2D eigenvalue weighted by molar-refractivity contribution is 7.92. The van der Waals surface area contributed by atoms with Crippen molar-refractivity contribution in [2.75, 3.05) is 23.9 Å². The zero-order valence-electron chi connectivity index (χ0n) is 16.8. The molecule has 2 heterocycles. The fourth-order valence-corrected chi connectivity index (χ4v) is 4.75. The van der Waals surface area contributed by atoms with Gasteiger partial charge in [-0.15, -0.1) is 0 Å². The number of aromatic nitrogens is 2. The van der Waals surface area contributed by atoms with Crippen LogP contribution in [0, 0.1) is 12.7 Å². The van der Waals surface area contributed by atoms with Crippen LogP contribution in [0.5, 0.6) is 0 Å². The average molecular weight is 484 g/mol. The number of fused-ring (bicyclic) bond motifs is 1. The van der Waals surface area contributed by atoms with Crippen LogP contribution >= 0.6 is 11.3 Å². The minimum Gasteiger partial charge on any atom is -0.468 e. The fourth-order valence-electron chi connectivity index (χ4n) is 2.66. The van der Waals surface area contributed by atoms with Crippen molar-refractivity contribution in [2.24, 2.45) is 4.99 Å². The molecule has 32 heavy (non-hydrogen) atoms. The number of esters is 1. The summed E-state index contributed by atoms with van der Waals surface area (Å²) in [6, 6.07) is 5.17. The molecule has 0 radical (unpaired) electrons. The van der Waals surface area contributed by atoms with Crippen molar-refractivity contribution in [3.05, 3.63) is 40.6 Å². The number of anilines is 1. The topological polar surface area (TPSA) is 150 Å². The number of aryl methyl sites for hydroxylation is 1. The molecule has 1 N–H and O–H groups in total. The number of hydrogen-bond donors (Lipinski definition) is 1. The summed E-state index contributed by atoms with van der Waals surface area (Å²) in [5, 5.41) is 5.76. The van der Waals surface area contributed by atoms with Gasteiger partial charge in [-0.1, -0.05) is 16.5 Å². The maximum atomic E-state index is 13.6. The van der Waals surface area contributed by atoms with Gasteiger partial charge in [0.15, 0.2) is 20.5 Å². The Bertz CT molecular complexity index is 1370. The first-order valence-electron chi connectivity index (χ1n) is 8.93. The van der Waals surface area contributed by atoms with Gasteiger partial charge in [-0.05, 0) is 25.1 Å². The van der Waals surface area contributed by atoms with Crippen molar-refractivity contribution in [1.82, 2.24) is 9.72 Å². The molecule has 11 nitrogen and oxygen atoms in total. The molecule has 0 saturated carbocycles. The highest BCUT2D eigenvalue weighted by Gasteiger charge is 2.22. The molecule has 0 saturated heterocycles. The normalized spacial score (nSPS) is 12.2. The molecule has 3 rings (SSSR count). The van der Waals surface area contributed by atoms with Gasteiger partial charge >= 0.3 is 5.97 Å². The summed E-state index contributed by atoms with van der Waals surface area (Å²) in [7, 11) is -2.98. The number of carbonyl (C=O) groups excluding carboxylic acids is 3. The third-order valence-corrected chi connectivity index (χ3v) is 6.40. The summed E-state index contributed by atoms with van der Waals surface area (Å²) in [4.78, 5) is 39.7. The molecule has 170 valence electrons. The number of carbonyl (C=O) groups is 3. The van der Waals surface area contributed by atoms with Crippen molar-refractivity contribution in [1.29, 1.82) is 0 Å². The Morgan fingerprint density at radius 2 is 2.03 bits per heavy atom. The van der Waals surface area contributed by atoms with Crippen LogP contribution in [0.15, 0.2) is 33.8 Å². The predicted molar refractivity (Wildman–Crippen MR) is 111 cm³/mol. The van der Waals surface area contributed by atoms with Gasteiger partial charge in [-0.3, -0.25) is 14.4 Å². The van der Waals surface area contributed by atoms with Crippen LogP contribution in [-0.4, -0.2) is 54.5 Å². The number of sulfone groups is 1. The molecule has 0 aliphatic rings. The molecule has 0 aliphatic heterocycles. The second-order valence-corrected chi connectivity index (χ2v) is 9.64. The van der Waals surface area contributed by atoms with Gasteiger partial charge in [0.2, 0.25) is 5.91 Å². The molecule has 0 aliphatic carbocycles. The summed E-state index contributed by atoms with van der Waals surface area (Å²) >= 11 is 0.898. The van der Waals surface area contributed by atoms with E-state index in [4.69, 9.17) is 4.52 Å². The second kappa shape index (κ2) is 9.40. The summed E-state index contributed by atoms with van der Waals surface area (Å²) in [6.45, 7) is 1.27. The monoisotopic (exact) mass is 484 g/mol. The summed E-state index contributed by atoms with van der Waals surface area (Å²) < 4.78 is 49.1. The van der Waals surface area contributed by atoms with Gasteiger partial charge in [0.25, 0.3) is 5.91 Å². The Kier molecular flexibility index (Phi) is 6.84. The van der Waals surface area contributed by atoms with Crippen molar-refractivity contribution in [3.8, 4) is 0 Å². The highest BCUT2D eigenvalue weighted by Crippen LogP contribution is 2.18. The standard InChI is InChI=1S/C18H17FN4O7S2/c1-10-5-14(22-30-10)20-15(24)8-32(27,28)9-16(25)21-18-23(7-17(26)29-2)12-4-3-11(19)6-13(12)31-18/h3-6H,7-9H2,1-2H3,(H,20,22,24). The van der Waals surface area contributed by atoms with Crippen molar-refractivity contribution in [3.63, 3.8) is 0 Å². The SMILES string of the molecule is COC(=O)Cn1c(=NC(=O)CS(=O)(=O)CC(=O)Nc2cc(C)on2)sc2cc(F)ccc21. The summed E-state index contributed by atoms with van der Waals surface area (Å²) in [6.07, 6.45) is 0. The minimum absolute atomic E-state index is 0.0151. The van der Waals surface area contributed by atoms with Crippen LogP contribution in [0.4, 0.5) is 10.2 Å². The lowest BCUT2D eigenvalue weighted by Crippen LogP contribution is -2.28. The molecular weight excluding hydrogens is 467 g/mol. The number of rotatable bonds is 7. The van der Waals surface area contributed by atoms with E-state index in [0.29, 0.717) is 16.0 Å². The van der Waals surface area contributed by atoms with Gasteiger partial charge in [0.1, 0.15) is 29.6 Å².